The van der Waals surface area contributed by atoms with E-state index in [4.69, 9.17) is 20.4 Å². The van der Waals surface area contributed by atoms with Gasteiger partial charge in [0.25, 0.3) is 11.1 Å². The van der Waals surface area contributed by atoms with Crippen LogP contribution in [0.2, 0.25) is 5.02 Å². The molecule has 0 saturated heterocycles. The van der Waals surface area contributed by atoms with Crippen molar-refractivity contribution in [3.05, 3.63) is 69.5 Å². The molecule has 2 aromatic carbocycles. The molecule has 0 saturated carbocycles. The Morgan fingerprint density at radius 2 is 1.93 bits per heavy atom. The number of hydrogen-bond acceptors (Lipinski definition) is 8. The standard InChI is InChI=1S/C20H11ClN2O4S2/c21-17-13-3-1-2-4-15(13)29-18(17)19-22-23-20(27-19)28-9-10-7-16(25)26-14-8-11(24)5-6-12(10)14/h1-8,24H,9H2. The first kappa shape index (κ1) is 18.2. The van der Waals surface area contributed by atoms with Gasteiger partial charge in [0.2, 0.25) is 0 Å². The number of halogens is 1. The molecule has 0 radical (unpaired) electrons. The highest BCUT2D eigenvalue weighted by molar-refractivity contribution is 7.98. The second kappa shape index (κ2) is 7.22. The van der Waals surface area contributed by atoms with Crippen molar-refractivity contribution >= 4 is 55.8 Å². The summed E-state index contributed by atoms with van der Waals surface area (Å²) in [7, 11) is 0. The predicted molar refractivity (Wildman–Crippen MR) is 114 cm³/mol. The number of benzene rings is 2. The van der Waals surface area contributed by atoms with E-state index in [-0.39, 0.29) is 5.75 Å². The summed E-state index contributed by atoms with van der Waals surface area (Å²) in [6, 6.07) is 13.9. The number of aromatic nitrogens is 2. The topological polar surface area (TPSA) is 89.4 Å². The summed E-state index contributed by atoms with van der Waals surface area (Å²) >= 11 is 9.28. The van der Waals surface area contributed by atoms with E-state index in [1.807, 2.05) is 24.3 Å². The van der Waals surface area contributed by atoms with Gasteiger partial charge in [-0.15, -0.1) is 21.5 Å². The first-order chi connectivity index (χ1) is 14.1. The minimum absolute atomic E-state index is 0.0345. The number of thioether (sulfide) groups is 1. The van der Waals surface area contributed by atoms with Gasteiger partial charge < -0.3 is 13.9 Å². The van der Waals surface area contributed by atoms with Crippen LogP contribution in [0.25, 0.3) is 31.8 Å². The maximum Gasteiger partial charge on any atom is 0.336 e. The van der Waals surface area contributed by atoms with E-state index in [0.29, 0.717) is 27.5 Å². The van der Waals surface area contributed by atoms with Crippen molar-refractivity contribution < 1.29 is 13.9 Å². The van der Waals surface area contributed by atoms with Crippen molar-refractivity contribution in [2.24, 2.45) is 0 Å². The van der Waals surface area contributed by atoms with Crippen molar-refractivity contribution in [3.63, 3.8) is 0 Å². The van der Waals surface area contributed by atoms with Gasteiger partial charge in [-0.3, -0.25) is 0 Å². The predicted octanol–water partition coefficient (Wildman–Crippen LogP) is 5.71. The normalized spacial score (nSPS) is 11.5. The second-order valence-electron chi connectivity index (χ2n) is 6.17. The highest BCUT2D eigenvalue weighted by atomic mass is 35.5. The fourth-order valence-corrected chi connectivity index (χ4v) is 5.18. The molecule has 5 rings (SSSR count). The average Bonchev–Trinajstić information content (AvgIpc) is 3.30. The molecule has 0 bridgehead atoms. The summed E-state index contributed by atoms with van der Waals surface area (Å²) in [5, 5.41) is 20.5. The second-order valence-corrected chi connectivity index (χ2v) is 8.53. The number of phenols is 1. The molecule has 0 aliphatic rings. The number of fused-ring (bicyclic) bond motifs is 2. The third-order valence-electron chi connectivity index (χ3n) is 4.30. The molecule has 0 unspecified atom stereocenters. The molecule has 0 atom stereocenters. The van der Waals surface area contributed by atoms with Gasteiger partial charge in [-0.2, -0.15) is 0 Å². The molecule has 29 heavy (non-hydrogen) atoms. The van der Waals surface area contributed by atoms with E-state index >= 15 is 0 Å². The van der Waals surface area contributed by atoms with E-state index in [0.717, 1.165) is 25.9 Å². The molecule has 0 fully saturated rings. The Morgan fingerprint density at radius 1 is 1.07 bits per heavy atom. The zero-order valence-electron chi connectivity index (χ0n) is 14.6. The van der Waals surface area contributed by atoms with Gasteiger partial charge in [-0.25, -0.2) is 4.79 Å². The van der Waals surface area contributed by atoms with Crippen LogP contribution in [-0.2, 0) is 5.75 Å². The molecule has 9 heteroatoms. The molecular formula is C20H11ClN2O4S2. The Hall–Kier alpha value is -2.81. The number of aromatic hydroxyl groups is 1. The van der Waals surface area contributed by atoms with Crippen LogP contribution in [0.3, 0.4) is 0 Å². The van der Waals surface area contributed by atoms with Crippen LogP contribution in [0.4, 0.5) is 0 Å². The number of thiophene rings is 1. The van der Waals surface area contributed by atoms with E-state index < -0.39 is 5.63 Å². The fourth-order valence-electron chi connectivity index (χ4n) is 2.99. The summed E-state index contributed by atoms with van der Waals surface area (Å²) in [5.41, 5.74) is 0.597. The number of phenolic OH excluding ortho intramolecular Hbond substituents is 1. The van der Waals surface area contributed by atoms with Gasteiger partial charge in [-0.05, 0) is 23.8 Å². The van der Waals surface area contributed by atoms with Crippen LogP contribution in [0, 0.1) is 0 Å². The number of rotatable bonds is 4. The van der Waals surface area contributed by atoms with Gasteiger partial charge in [-0.1, -0.05) is 41.6 Å². The van der Waals surface area contributed by atoms with Crippen LogP contribution >= 0.6 is 34.7 Å². The minimum Gasteiger partial charge on any atom is -0.508 e. The third-order valence-corrected chi connectivity index (χ3v) is 6.83. The highest BCUT2D eigenvalue weighted by Gasteiger charge is 2.18. The summed E-state index contributed by atoms with van der Waals surface area (Å²) in [6.07, 6.45) is 0. The Kier molecular flexibility index (Phi) is 4.54. The van der Waals surface area contributed by atoms with Crippen molar-refractivity contribution in [1.29, 1.82) is 0 Å². The molecule has 0 spiro atoms. The Morgan fingerprint density at radius 3 is 2.79 bits per heavy atom. The molecule has 0 aliphatic heterocycles. The summed E-state index contributed by atoms with van der Waals surface area (Å²) in [4.78, 5) is 12.5. The van der Waals surface area contributed by atoms with E-state index in [2.05, 4.69) is 10.2 Å². The van der Waals surface area contributed by atoms with Gasteiger partial charge in [0.15, 0.2) is 0 Å². The van der Waals surface area contributed by atoms with E-state index in [1.54, 1.807) is 12.1 Å². The number of nitrogens with zero attached hydrogens (tertiary/aromatic N) is 2. The van der Waals surface area contributed by atoms with Crippen molar-refractivity contribution in [1.82, 2.24) is 10.2 Å². The molecule has 0 aliphatic carbocycles. The molecule has 3 aromatic heterocycles. The Balaban J connectivity index is 1.43. The van der Waals surface area contributed by atoms with Gasteiger partial charge in [0.05, 0.1) is 5.02 Å². The molecular weight excluding hydrogens is 432 g/mol. The average molecular weight is 443 g/mol. The van der Waals surface area contributed by atoms with Crippen LogP contribution in [0.15, 0.2) is 67.4 Å². The lowest BCUT2D eigenvalue weighted by Gasteiger charge is -2.04. The summed E-state index contributed by atoms with van der Waals surface area (Å²) in [5.74, 6) is 0.822. The molecule has 6 nitrogen and oxygen atoms in total. The van der Waals surface area contributed by atoms with Crippen LogP contribution < -0.4 is 5.63 Å². The zero-order chi connectivity index (χ0) is 20.0. The number of hydrogen-bond donors (Lipinski definition) is 1. The van der Waals surface area contributed by atoms with E-state index in [9.17, 15) is 9.90 Å². The maximum atomic E-state index is 11.8. The lowest BCUT2D eigenvalue weighted by atomic mass is 10.1. The molecule has 0 amide bonds. The zero-order valence-corrected chi connectivity index (χ0v) is 17.0. The Bertz CT molecular complexity index is 1420. The Labute approximate surface area is 176 Å². The van der Waals surface area contributed by atoms with Crippen LogP contribution in [0.5, 0.6) is 5.75 Å². The van der Waals surface area contributed by atoms with Gasteiger partial charge in [0, 0.05) is 33.4 Å². The van der Waals surface area contributed by atoms with Crippen molar-refractivity contribution in [2.45, 2.75) is 11.0 Å². The maximum absolute atomic E-state index is 11.8. The minimum atomic E-state index is -0.484. The summed E-state index contributed by atoms with van der Waals surface area (Å²) < 4.78 is 12.0. The van der Waals surface area contributed by atoms with Gasteiger partial charge >= 0.3 is 5.63 Å². The van der Waals surface area contributed by atoms with Crippen LogP contribution in [-0.4, -0.2) is 15.3 Å². The third kappa shape index (κ3) is 3.39. The smallest absolute Gasteiger partial charge is 0.336 e. The highest BCUT2D eigenvalue weighted by Crippen LogP contribution is 2.42. The van der Waals surface area contributed by atoms with Crippen LogP contribution in [0.1, 0.15) is 5.56 Å². The first-order valence-corrected chi connectivity index (χ1v) is 10.7. The lowest BCUT2D eigenvalue weighted by molar-refractivity contribution is 0.466. The molecule has 144 valence electrons. The SMILES string of the molecule is O=c1cc(CSc2nnc(-c3sc4ccccc4c3Cl)o2)c2ccc(O)cc2o1. The van der Waals surface area contributed by atoms with E-state index in [1.165, 1.54) is 35.2 Å². The fraction of sp³-hybridized carbons (Fsp3) is 0.0500. The quantitative estimate of drug-likeness (QED) is 0.281. The molecule has 1 N–H and O–H groups in total. The molecule has 5 aromatic rings. The lowest BCUT2D eigenvalue weighted by Crippen LogP contribution is -1.99. The van der Waals surface area contributed by atoms with Crippen molar-refractivity contribution in [3.8, 4) is 16.5 Å². The van der Waals surface area contributed by atoms with Gasteiger partial charge in [0.1, 0.15) is 16.2 Å². The molecule has 3 heterocycles. The largest absolute Gasteiger partial charge is 0.508 e. The van der Waals surface area contributed by atoms with Crippen molar-refractivity contribution in [2.75, 3.05) is 0 Å². The first-order valence-electron chi connectivity index (χ1n) is 8.48. The monoisotopic (exact) mass is 442 g/mol. The summed E-state index contributed by atoms with van der Waals surface area (Å²) in [6.45, 7) is 0.